The first-order chi connectivity index (χ1) is 13.1. The van der Waals surface area contributed by atoms with E-state index in [1.807, 2.05) is 0 Å². The minimum absolute atomic E-state index is 0. The molecular weight excluding hydrogens is 463 g/mol. The Morgan fingerprint density at radius 2 is 1.68 bits per heavy atom. The topological polar surface area (TPSA) is 48.9 Å². The number of hydrogen-bond acceptors (Lipinski definition) is 3. The van der Waals surface area contributed by atoms with Crippen LogP contribution in [0.3, 0.4) is 0 Å². The summed E-state index contributed by atoms with van der Waals surface area (Å²) < 4.78 is 5.83. The third kappa shape index (κ3) is 7.52. The quantitative estimate of drug-likeness (QED) is 0.354. The number of aliphatic imine (C=N–C) groups is 1. The number of ether oxygens (including phenoxy) is 1. The number of nitrogens with one attached hydrogen (secondary N) is 2. The molecule has 1 aromatic rings. The summed E-state index contributed by atoms with van der Waals surface area (Å²) in [5.41, 5.74) is 2.62. The lowest BCUT2D eigenvalue weighted by molar-refractivity contribution is -0.0704. The lowest BCUT2D eigenvalue weighted by Crippen LogP contribution is -2.44. The molecule has 1 aromatic carbocycles. The molecule has 2 atom stereocenters. The summed E-state index contributed by atoms with van der Waals surface area (Å²) >= 11 is 0. The molecule has 0 bridgehead atoms. The predicted octanol–water partition coefficient (Wildman–Crippen LogP) is 3.91. The minimum atomic E-state index is 0. The highest BCUT2D eigenvalue weighted by Gasteiger charge is 2.22. The molecule has 2 fully saturated rings. The average Bonchev–Trinajstić information content (AvgIpc) is 3.13. The normalized spacial score (nSPS) is 24.0. The Balaban J connectivity index is 0.00000280. The van der Waals surface area contributed by atoms with Crippen LogP contribution in [0.4, 0.5) is 0 Å². The van der Waals surface area contributed by atoms with Crippen LogP contribution in [0.5, 0.6) is 0 Å². The van der Waals surface area contributed by atoms with Gasteiger partial charge in [0.1, 0.15) is 0 Å². The molecule has 1 aliphatic carbocycles. The second-order valence-electron chi connectivity index (χ2n) is 8.09. The van der Waals surface area contributed by atoms with Crippen LogP contribution >= 0.6 is 24.0 Å². The van der Waals surface area contributed by atoms with E-state index in [9.17, 15) is 0 Å². The molecule has 2 N–H and O–H groups in total. The number of halogens is 1. The van der Waals surface area contributed by atoms with Crippen molar-refractivity contribution in [3.63, 3.8) is 0 Å². The second kappa shape index (κ2) is 12.0. The Bertz CT molecular complexity index is 591. The first kappa shape index (κ1) is 23.4. The summed E-state index contributed by atoms with van der Waals surface area (Å²) in [4.78, 5) is 7.27. The van der Waals surface area contributed by atoms with E-state index in [-0.39, 0.29) is 24.0 Å². The Morgan fingerprint density at radius 3 is 2.29 bits per heavy atom. The van der Waals surface area contributed by atoms with E-state index in [0.29, 0.717) is 24.8 Å². The molecule has 0 aromatic heterocycles. The SMILES string of the molecule is CCNC(=NCc1ccc(CN2CC(C)OC(C)C2)cc1)NC1CCCC1.I. The van der Waals surface area contributed by atoms with Crippen LogP contribution < -0.4 is 10.6 Å². The molecule has 1 aliphatic heterocycles. The van der Waals surface area contributed by atoms with E-state index in [4.69, 9.17) is 9.73 Å². The maximum absolute atomic E-state index is 5.83. The van der Waals surface area contributed by atoms with Gasteiger partial charge in [-0.2, -0.15) is 0 Å². The van der Waals surface area contributed by atoms with E-state index >= 15 is 0 Å². The summed E-state index contributed by atoms with van der Waals surface area (Å²) in [5.74, 6) is 0.949. The van der Waals surface area contributed by atoms with Crippen LogP contribution in [0.1, 0.15) is 57.6 Å². The van der Waals surface area contributed by atoms with Crippen molar-refractivity contribution in [2.75, 3.05) is 19.6 Å². The van der Waals surface area contributed by atoms with E-state index in [2.05, 4.69) is 60.6 Å². The highest BCUT2D eigenvalue weighted by Crippen LogP contribution is 2.18. The second-order valence-corrected chi connectivity index (χ2v) is 8.09. The van der Waals surface area contributed by atoms with Gasteiger partial charge in [-0.1, -0.05) is 37.1 Å². The molecule has 1 saturated heterocycles. The average molecular weight is 500 g/mol. The van der Waals surface area contributed by atoms with Gasteiger partial charge in [-0.05, 0) is 44.7 Å². The third-order valence-corrected chi connectivity index (χ3v) is 5.38. The van der Waals surface area contributed by atoms with Crippen molar-refractivity contribution in [1.29, 1.82) is 0 Å². The van der Waals surface area contributed by atoms with Gasteiger partial charge in [0.25, 0.3) is 0 Å². The number of nitrogens with zero attached hydrogens (tertiary/aromatic N) is 2. The lowest BCUT2D eigenvalue weighted by atomic mass is 10.1. The van der Waals surface area contributed by atoms with Crippen molar-refractivity contribution in [2.45, 2.75) is 77.8 Å². The van der Waals surface area contributed by atoms with Crippen molar-refractivity contribution in [2.24, 2.45) is 4.99 Å². The Morgan fingerprint density at radius 1 is 1.07 bits per heavy atom. The smallest absolute Gasteiger partial charge is 0.191 e. The molecule has 2 unspecified atom stereocenters. The van der Waals surface area contributed by atoms with Gasteiger partial charge < -0.3 is 15.4 Å². The Hall–Kier alpha value is -0.860. The van der Waals surface area contributed by atoms with Crippen molar-refractivity contribution < 1.29 is 4.74 Å². The molecule has 1 saturated carbocycles. The van der Waals surface area contributed by atoms with Gasteiger partial charge in [0, 0.05) is 32.2 Å². The fourth-order valence-electron chi connectivity index (χ4n) is 4.18. The molecule has 2 aliphatic rings. The maximum Gasteiger partial charge on any atom is 0.191 e. The van der Waals surface area contributed by atoms with Crippen molar-refractivity contribution >= 4 is 29.9 Å². The molecule has 6 heteroatoms. The van der Waals surface area contributed by atoms with E-state index in [1.165, 1.54) is 36.8 Å². The number of hydrogen-bond donors (Lipinski definition) is 2. The molecule has 5 nitrogen and oxygen atoms in total. The summed E-state index contributed by atoms with van der Waals surface area (Å²) in [6.45, 7) is 11.1. The summed E-state index contributed by atoms with van der Waals surface area (Å²) in [7, 11) is 0. The van der Waals surface area contributed by atoms with Crippen LogP contribution in [0.2, 0.25) is 0 Å². The zero-order chi connectivity index (χ0) is 19.1. The van der Waals surface area contributed by atoms with Gasteiger partial charge in [0.2, 0.25) is 0 Å². The largest absolute Gasteiger partial charge is 0.373 e. The molecule has 0 amide bonds. The van der Waals surface area contributed by atoms with E-state index in [1.54, 1.807) is 0 Å². The number of guanidine groups is 1. The lowest BCUT2D eigenvalue weighted by Gasteiger charge is -2.35. The van der Waals surface area contributed by atoms with Gasteiger partial charge in [-0.3, -0.25) is 4.90 Å². The van der Waals surface area contributed by atoms with Crippen LogP contribution in [-0.4, -0.2) is 48.7 Å². The summed E-state index contributed by atoms with van der Waals surface area (Å²) in [6, 6.07) is 9.50. The zero-order valence-electron chi connectivity index (χ0n) is 17.6. The summed E-state index contributed by atoms with van der Waals surface area (Å²) in [6.07, 6.45) is 5.83. The van der Waals surface area contributed by atoms with E-state index < -0.39 is 0 Å². The predicted molar refractivity (Wildman–Crippen MR) is 127 cm³/mol. The molecule has 158 valence electrons. The fourth-order valence-corrected chi connectivity index (χ4v) is 4.18. The highest BCUT2D eigenvalue weighted by atomic mass is 127. The van der Waals surface area contributed by atoms with Crippen molar-refractivity contribution in [3.8, 4) is 0 Å². The monoisotopic (exact) mass is 500 g/mol. The minimum Gasteiger partial charge on any atom is -0.373 e. The van der Waals surface area contributed by atoms with Crippen molar-refractivity contribution in [1.82, 2.24) is 15.5 Å². The Kier molecular flexibility index (Phi) is 10.0. The molecular formula is C22H37IN4O. The van der Waals surface area contributed by atoms with Gasteiger partial charge in [-0.25, -0.2) is 4.99 Å². The fraction of sp³-hybridized carbons (Fsp3) is 0.682. The van der Waals surface area contributed by atoms with Crippen LogP contribution in [0, 0.1) is 0 Å². The first-order valence-electron chi connectivity index (χ1n) is 10.6. The zero-order valence-corrected chi connectivity index (χ0v) is 19.9. The first-order valence-corrected chi connectivity index (χ1v) is 10.6. The molecule has 1 heterocycles. The molecule has 28 heavy (non-hydrogen) atoms. The highest BCUT2D eigenvalue weighted by molar-refractivity contribution is 14.0. The number of benzene rings is 1. The van der Waals surface area contributed by atoms with Crippen LogP contribution in [0.15, 0.2) is 29.3 Å². The number of rotatable bonds is 6. The van der Waals surface area contributed by atoms with Gasteiger partial charge in [0.05, 0.1) is 18.8 Å². The Labute approximate surface area is 187 Å². The van der Waals surface area contributed by atoms with Crippen LogP contribution in [0.25, 0.3) is 0 Å². The van der Waals surface area contributed by atoms with E-state index in [0.717, 1.165) is 32.1 Å². The van der Waals surface area contributed by atoms with Gasteiger partial charge in [0.15, 0.2) is 5.96 Å². The van der Waals surface area contributed by atoms with Gasteiger partial charge >= 0.3 is 0 Å². The third-order valence-electron chi connectivity index (χ3n) is 5.38. The molecule has 0 radical (unpaired) electrons. The molecule has 3 rings (SSSR count). The van der Waals surface area contributed by atoms with Gasteiger partial charge in [-0.15, -0.1) is 24.0 Å². The standard InChI is InChI=1S/C22H36N4O.HI/c1-4-23-22(25-21-7-5-6-8-21)24-13-19-9-11-20(12-10-19)16-26-14-17(2)27-18(3)15-26;/h9-12,17-18,21H,4-8,13-16H2,1-3H3,(H2,23,24,25);1H. The maximum atomic E-state index is 5.83. The molecule has 0 spiro atoms. The van der Waals surface area contributed by atoms with Crippen molar-refractivity contribution in [3.05, 3.63) is 35.4 Å². The summed E-state index contributed by atoms with van der Waals surface area (Å²) in [5, 5.41) is 6.96. The van der Waals surface area contributed by atoms with Crippen LogP contribution in [-0.2, 0) is 17.8 Å². The number of morpholine rings is 1.